The Labute approximate surface area is 189 Å². The van der Waals surface area contributed by atoms with Crippen LogP contribution in [-0.4, -0.2) is 28.0 Å². The molecule has 9 heteroatoms. The fraction of sp³-hybridized carbons (Fsp3) is 0.167. The van der Waals surface area contributed by atoms with Crippen molar-refractivity contribution in [3.63, 3.8) is 0 Å². The highest BCUT2D eigenvalue weighted by atomic mass is 32.2. The first-order chi connectivity index (χ1) is 15.8. The maximum atomic E-state index is 12.4. The van der Waals surface area contributed by atoms with Gasteiger partial charge in [-0.25, -0.2) is 17.9 Å². The Morgan fingerprint density at radius 1 is 0.939 bits per heavy atom. The molecule has 3 aromatic carbocycles. The summed E-state index contributed by atoms with van der Waals surface area (Å²) >= 11 is 0. The van der Waals surface area contributed by atoms with Gasteiger partial charge in [0.05, 0.1) is 23.8 Å². The number of fused-ring (bicyclic) bond motifs is 3. The molecule has 1 aromatic heterocycles. The molecule has 1 N–H and O–H groups in total. The Bertz CT molecular complexity index is 1510. The molecule has 0 aliphatic heterocycles. The zero-order chi connectivity index (χ0) is 23.6. The van der Waals surface area contributed by atoms with Crippen LogP contribution in [0.5, 0.6) is 11.5 Å². The van der Waals surface area contributed by atoms with Crippen LogP contribution in [0.4, 0.5) is 0 Å². The zero-order valence-electron chi connectivity index (χ0n) is 18.0. The van der Waals surface area contributed by atoms with Gasteiger partial charge in [0.15, 0.2) is 0 Å². The first kappa shape index (κ1) is 22.5. The highest BCUT2D eigenvalue weighted by molar-refractivity contribution is 7.89. The van der Waals surface area contributed by atoms with Gasteiger partial charge in [-0.2, -0.15) is 0 Å². The summed E-state index contributed by atoms with van der Waals surface area (Å²) in [6.45, 7) is 1.74. The maximum Gasteiger partial charge on any atom is 0.344 e. The van der Waals surface area contributed by atoms with Crippen molar-refractivity contribution in [3.05, 3.63) is 76.6 Å². The smallest absolute Gasteiger partial charge is 0.344 e. The first-order valence-electron chi connectivity index (χ1n) is 10.1. The minimum Gasteiger partial charge on any atom is -0.497 e. The molecule has 170 valence electrons. The van der Waals surface area contributed by atoms with E-state index in [1.54, 1.807) is 42.5 Å². The van der Waals surface area contributed by atoms with Gasteiger partial charge in [0, 0.05) is 23.4 Å². The topological polar surface area (TPSA) is 112 Å². The van der Waals surface area contributed by atoms with Crippen molar-refractivity contribution in [2.75, 3.05) is 13.7 Å². The predicted molar refractivity (Wildman–Crippen MR) is 123 cm³/mol. The van der Waals surface area contributed by atoms with E-state index in [1.807, 2.05) is 6.92 Å². The van der Waals surface area contributed by atoms with Gasteiger partial charge in [-0.05, 0) is 49.4 Å². The minimum atomic E-state index is -3.72. The fourth-order valence-corrected chi connectivity index (χ4v) is 4.38. The number of carbonyl (C=O) groups excluding carboxylic acids is 1. The summed E-state index contributed by atoms with van der Waals surface area (Å²) in [5, 5.41) is 1.75. The Morgan fingerprint density at radius 2 is 1.64 bits per heavy atom. The molecule has 0 spiro atoms. The largest absolute Gasteiger partial charge is 0.497 e. The molecule has 0 aliphatic rings. The maximum absolute atomic E-state index is 12.4. The molecule has 1 heterocycles. The van der Waals surface area contributed by atoms with Crippen molar-refractivity contribution in [1.82, 2.24) is 4.72 Å². The summed E-state index contributed by atoms with van der Waals surface area (Å²) in [4.78, 5) is 24.7. The molecule has 0 atom stereocenters. The molecule has 0 unspecified atom stereocenters. The van der Waals surface area contributed by atoms with Crippen molar-refractivity contribution >= 4 is 37.7 Å². The molecule has 0 amide bonds. The molecular formula is C24H21NO7S. The minimum absolute atomic E-state index is 0.121. The number of benzene rings is 3. The van der Waals surface area contributed by atoms with Gasteiger partial charge in [-0.3, -0.25) is 4.79 Å². The molecule has 8 nitrogen and oxygen atoms in total. The van der Waals surface area contributed by atoms with E-state index < -0.39 is 21.6 Å². The van der Waals surface area contributed by atoms with Crippen LogP contribution in [0, 0.1) is 6.92 Å². The van der Waals surface area contributed by atoms with Crippen LogP contribution in [0.3, 0.4) is 0 Å². The number of aryl methyl sites for hydroxylation is 1. The van der Waals surface area contributed by atoms with Crippen LogP contribution < -0.4 is 19.8 Å². The number of nitrogens with one attached hydrogen (secondary N) is 1. The normalized spacial score (nSPS) is 11.6. The molecule has 0 aliphatic carbocycles. The number of hydrogen-bond acceptors (Lipinski definition) is 7. The molecule has 0 saturated heterocycles. The van der Waals surface area contributed by atoms with E-state index in [-0.39, 0.29) is 29.2 Å². The number of hydrogen-bond donors (Lipinski definition) is 1. The van der Waals surface area contributed by atoms with Crippen LogP contribution in [0.15, 0.2) is 74.8 Å². The van der Waals surface area contributed by atoms with Crippen LogP contribution >= 0.6 is 0 Å². The lowest BCUT2D eigenvalue weighted by Crippen LogP contribution is -2.27. The number of sulfonamides is 1. The summed E-state index contributed by atoms with van der Waals surface area (Å²) in [5.41, 5.74) is 0.671. The lowest BCUT2D eigenvalue weighted by Gasteiger charge is -2.09. The monoisotopic (exact) mass is 467 g/mol. The van der Waals surface area contributed by atoms with Gasteiger partial charge in [-0.15, -0.1) is 0 Å². The molecule has 0 fully saturated rings. The highest BCUT2D eigenvalue weighted by Gasteiger charge is 2.15. The van der Waals surface area contributed by atoms with Gasteiger partial charge in [0.2, 0.25) is 10.0 Å². The summed E-state index contributed by atoms with van der Waals surface area (Å²) in [6, 6.07) is 16.2. The lowest BCUT2D eigenvalue weighted by molar-refractivity contribution is -0.134. The number of carbonyl (C=O) groups is 1. The highest BCUT2D eigenvalue weighted by Crippen LogP contribution is 2.28. The number of esters is 1. The van der Waals surface area contributed by atoms with Gasteiger partial charge in [0.1, 0.15) is 17.1 Å². The Kier molecular flexibility index (Phi) is 6.17. The van der Waals surface area contributed by atoms with Crippen molar-refractivity contribution in [2.45, 2.75) is 18.2 Å². The second-order valence-electron chi connectivity index (χ2n) is 7.39. The second kappa shape index (κ2) is 9.05. The van der Waals surface area contributed by atoms with Gasteiger partial charge in [0.25, 0.3) is 0 Å². The third-order valence-electron chi connectivity index (χ3n) is 5.08. The van der Waals surface area contributed by atoms with Crippen molar-refractivity contribution < 1.29 is 27.1 Å². The number of rotatable bonds is 7. The van der Waals surface area contributed by atoms with E-state index in [0.29, 0.717) is 21.9 Å². The number of methoxy groups -OCH3 is 1. The summed E-state index contributed by atoms with van der Waals surface area (Å²) in [7, 11) is -2.21. The Hall–Kier alpha value is -3.69. The third-order valence-corrected chi connectivity index (χ3v) is 6.55. The summed E-state index contributed by atoms with van der Waals surface area (Å²) < 4.78 is 42.8. The molecule has 4 rings (SSSR count). The van der Waals surface area contributed by atoms with Crippen LogP contribution in [-0.2, 0) is 14.8 Å². The van der Waals surface area contributed by atoms with Crippen molar-refractivity contribution in [2.24, 2.45) is 0 Å². The van der Waals surface area contributed by atoms with E-state index in [2.05, 4.69) is 4.72 Å². The standard InChI is InChI=1S/C24H21NO7S/c1-15-3-7-18(8-4-15)33(28,29)25-12-11-23(26)31-17-6-10-20-19-9-5-16(30-2)13-21(19)24(27)32-22(20)14-17/h3-10,13-14,25H,11-12H2,1-2H3. The van der Waals surface area contributed by atoms with Crippen molar-refractivity contribution in [3.8, 4) is 11.5 Å². The summed E-state index contributed by atoms with van der Waals surface area (Å²) in [6.07, 6.45) is -0.176. The zero-order valence-corrected chi connectivity index (χ0v) is 18.8. The predicted octanol–water partition coefficient (Wildman–Crippen LogP) is 3.54. The van der Waals surface area contributed by atoms with Crippen LogP contribution in [0.1, 0.15) is 12.0 Å². The average Bonchev–Trinajstić information content (AvgIpc) is 2.79. The van der Waals surface area contributed by atoms with Crippen LogP contribution in [0.25, 0.3) is 21.7 Å². The second-order valence-corrected chi connectivity index (χ2v) is 9.16. The third kappa shape index (κ3) is 4.89. The van der Waals surface area contributed by atoms with Gasteiger partial charge >= 0.3 is 11.6 Å². The molecule has 4 aromatic rings. The van der Waals surface area contributed by atoms with Crippen molar-refractivity contribution in [1.29, 1.82) is 0 Å². The molecule has 0 saturated carbocycles. The fourth-order valence-electron chi connectivity index (χ4n) is 3.35. The van der Waals surface area contributed by atoms with Gasteiger partial charge < -0.3 is 13.9 Å². The van der Waals surface area contributed by atoms with E-state index in [4.69, 9.17) is 13.9 Å². The molecule has 33 heavy (non-hydrogen) atoms. The first-order valence-corrected chi connectivity index (χ1v) is 11.6. The summed E-state index contributed by atoms with van der Waals surface area (Å²) in [5.74, 6) is 0.0939. The quantitative estimate of drug-likeness (QED) is 0.191. The van der Waals surface area contributed by atoms with E-state index in [0.717, 1.165) is 5.56 Å². The molecular weight excluding hydrogens is 446 g/mol. The Balaban J connectivity index is 1.45. The molecule has 0 bridgehead atoms. The molecule has 0 radical (unpaired) electrons. The van der Waals surface area contributed by atoms with E-state index in [9.17, 15) is 18.0 Å². The Morgan fingerprint density at radius 3 is 2.36 bits per heavy atom. The number of ether oxygens (including phenoxy) is 2. The lowest BCUT2D eigenvalue weighted by atomic mass is 10.1. The van der Waals surface area contributed by atoms with E-state index in [1.165, 1.54) is 25.3 Å². The van der Waals surface area contributed by atoms with Crippen LogP contribution in [0.2, 0.25) is 0 Å². The average molecular weight is 467 g/mol. The SMILES string of the molecule is COc1ccc2c(c1)c(=O)oc1cc(OC(=O)CCNS(=O)(=O)c3ccc(C)cc3)ccc12. The van der Waals surface area contributed by atoms with Gasteiger partial charge in [-0.1, -0.05) is 17.7 Å². The van der Waals surface area contributed by atoms with E-state index >= 15 is 0 Å².